The van der Waals surface area contributed by atoms with Gasteiger partial charge in [-0.25, -0.2) is 4.98 Å². The molecule has 28 heavy (non-hydrogen) atoms. The Balaban J connectivity index is 1.36. The Labute approximate surface area is 164 Å². The highest BCUT2D eigenvalue weighted by Gasteiger charge is 2.24. The molecule has 0 aliphatic carbocycles. The second-order valence-electron chi connectivity index (χ2n) is 6.53. The van der Waals surface area contributed by atoms with Gasteiger partial charge in [0, 0.05) is 42.8 Å². The minimum atomic E-state index is -0.334. The molecule has 0 saturated heterocycles. The topological polar surface area (TPSA) is 107 Å². The van der Waals surface area contributed by atoms with Crippen molar-refractivity contribution >= 4 is 40.1 Å². The van der Waals surface area contributed by atoms with E-state index >= 15 is 0 Å². The molecular weight excluding hydrogens is 378 g/mol. The SMILES string of the molecule is CNC(=O)c1cc2c(s1)CCN(C(=O)CNC(=O)c1cnc3[nH]ccc3c1)C2. The summed E-state index contributed by atoms with van der Waals surface area (Å²) in [6.07, 6.45) is 3.95. The van der Waals surface area contributed by atoms with Crippen molar-refractivity contribution in [1.29, 1.82) is 0 Å². The largest absolute Gasteiger partial charge is 0.354 e. The average molecular weight is 397 g/mol. The van der Waals surface area contributed by atoms with Gasteiger partial charge >= 0.3 is 0 Å². The van der Waals surface area contributed by atoms with Crippen LogP contribution in [0.2, 0.25) is 0 Å². The first-order valence-electron chi connectivity index (χ1n) is 8.88. The third kappa shape index (κ3) is 3.48. The molecule has 0 fully saturated rings. The summed E-state index contributed by atoms with van der Waals surface area (Å²) in [7, 11) is 1.60. The molecule has 9 heteroatoms. The minimum absolute atomic E-state index is 0.0776. The Hall–Kier alpha value is -3.20. The summed E-state index contributed by atoms with van der Waals surface area (Å²) in [5, 5.41) is 6.13. The molecule has 8 nitrogen and oxygen atoms in total. The van der Waals surface area contributed by atoms with E-state index < -0.39 is 0 Å². The summed E-state index contributed by atoms with van der Waals surface area (Å²) in [6, 6.07) is 5.41. The van der Waals surface area contributed by atoms with Crippen molar-refractivity contribution in [3.63, 3.8) is 0 Å². The second-order valence-corrected chi connectivity index (χ2v) is 7.66. The number of aromatic amines is 1. The predicted octanol–water partition coefficient (Wildman–Crippen LogP) is 1.30. The number of hydrogen-bond acceptors (Lipinski definition) is 5. The fraction of sp³-hybridized carbons (Fsp3) is 0.263. The Morgan fingerprint density at radius 3 is 2.96 bits per heavy atom. The van der Waals surface area contributed by atoms with Crippen LogP contribution in [0.3, 0.4) is 0 Å². The van der Waals surface area contributed by atoms with E-state index in [1.165, 1.54) is 17.5 Å². The van der Waals surface area contributed by atoms with Crippen LogP contribution in [0, 0.1) is 0 Å². The fourth-order valence-corrected chi connectivity index (χ4v) is 4.32. The highest BCUT2D eigenvalue weighted by atomic mass is 32.1. The number of pyridine rings is 1. The lowest BCUT2D eigenvalue weighted by atomic mass is 10.1. The van der Waals surface area contributed by atoms with E-state index in [4.69, 9.17) is 0 Å². The summed E-state index contributed by atoms with van der Waals surface area (Å²) in [4.78, 5) is 47.3. The molecule has 3 aromatic heterocycles. The van der Waals surface area contributed by atoms with E-state index in [1.54, 1.807) is 24.2 Å². The molecule has 0 saturated carbocycles. The third-order valence-corrected chi connectivity index (χ3v) is 5.97. The molecular formula is C19H19N5O3S. The summed E-state index contributed by atoms with van der Waals surface area (Å²) in [5.74, 6) is -0.598. The van der Waals surface area contributed by atoms with Gasteiger partial charge in [-0.1, -0.05) is 0 Å². The molecule has 0 unspecified atom stereocenters. The van der Waals surface area contributed by atoms with Crippen LogP contribution in [0.4, 0.5) is 0 Å². The first-order chi connectivity index (χ1) is 13.5. The molecule has 3 aromatic rings. The van der Waals surface area contributed by atoms with Gasteiger partial charge in [0.05, 0.1) is 17.0 Å². The maximum atomic E-state index is 12.5. The van der Waals surface area contributed by atoms with E-state index in [-0.39, 0.29) is 24.3 Å². The van der Waals surface area contributed by atoms with Crippen molar-refractivity contribution < 1.29 is 14.4 Å². The number of hydrogen-bond donors (Lipinski definition) is 3. The maximum Gasteiger partial charge on any atom is 0.261 e. The van der Waals surface area contributed by atoms with E-state index in [1.807, 2.05) is 12.1 Å². The van der Waals surface area contributed by atoms with Crippen LogP contribution >= 0.6 is 11.3 Å². The van der Waals surface area contributed by atoms with Crippen molar-refractivity contribution in [1.82, 2.24) is 25.5 Å². The zero-order chi connectivity index (χ0) is 19.7. The number of amides is 3. The number of rotatable bonds is 4. The highest BCUT2D eigenvalue weighted by molar-refractivity contribution is 7.14. The van der Waals surface area contributed by atoms with Crippen LogP contribution in [0.25, 0.3) is 11.0 Å². The summed E-state index contributed by atoms with van der Waals surface area (Å²) in [5.41, 5.74) is 2.12. The molecule has 0 atom stereocenters. The fourth-order valence-electron chi connectivity index (χ4n) is 3.21. The zero-order valence-corrected chi connectivity index (χ0v) is 16.1. The van der Waals surface area contributed by atoms with Gasteiger partial charge in [0.1, 0.15) is 5.65 Å². The Bertz CT molecular complexity index is 1070. The minimum Gasteiger partial charge on any atom is -0.354 e. The second kappa shape index (κ2) is 7.43. The van der Waals surface area contributed by atoms with E-state index in [0.717, 1.165) is 15.8 Å². The number of H-pyrrole nitrogens is 1. The van der Waals surface area contributed by atoms with Gasteiger partial charge < -0.3 is 20.5 Å². The Morgan fingerprint density at radius 2 is 2.14 bits per heavy atom. The predicted molar refractivity (Wildman–Crippen MR) is 105 cm³/mol. The highest BCUT2D eigenvalue weighted by Crippen LogP contribution is 2.28. The summed E-state index contributed by atoms with van der Waals surface area (Å²) in [6.45, 7) is 0.951. The van der Waals surface area contributed by atoms with Gasteiger partial charge in [-0.05, 0) is 30.2 Å². The maximum absolute atomic E-state index is 12.5. The van der Waals surface area contributed by atoms with Crippen LogP contribution in [0.5, 0.6) is 0 Å². The lowest BCUT2D eigenvalue weighted by Gasteiger charge is -2.27. The molecule has 1 aliphatic heterocycles. The molecule has 1 aliphatic rings. The quantitative estimate of drug-likeness (QED) is 0.617. The lowest BCUT2D eigenvalue weighted by Crippen LogP contribution is -2.42. The van der Waals surface area contributed by atoms with Crippen molar-refractivity contribution in [2.45, 2.75) is 13.0 Å². The van der Waals surface area contributed by atoms with Crippen molar-refractivity contribution in [2.75, 3.05) is 20.1 Å². The number of nitrogens with zero attached hydrogens (tertiary/aromatic N) is 2. The number of aromatic nitrogens is 2. The Kier molecular flexibility index (Phi) is 4.82. The zero-order valence-electron chi connectivity index (χ0n) is 15.2. The number of carbonyl (C=O) groups excluding carboxylic acids is 3. The molecule has 0 spiro atoms. The van der Waals surface area contributed by atoms with Crippen LogP contribution in [0.1, 0.15) is 30.5 Å². The Morgan fingerprint density at radius 1 is 1.29 bits per heavy atom. The van der Waals surface area contributed by atoms with E-state index in [9.17, 15) is 14.4 Å². The molecule has 0 bridgehead atoms. The van der Waals surface area contributed by atoms with Gasteiger partial charge in [0.15, 0.2) is 0 Å². The third-order valence-electron chi connectivity index (χ3n) is 4.73. The normalized spacial score (nSPS) is 13.2. The average Bonchev–Trinajstić information content (AvgIpc) is 3.36. The standard InChI is InChI=1S/C19H19N5O3S/c1-20-19(27)15-7-13-10-24(5-3-14(13)28-15)16(25)9-23-18(26)12-6-11-2-4-21-17(11)22-8-12/h2,4,6-8H,3,5,9-10H2,1H3,(H,20,27)(H,21,22)(H,23,26). The van der Waals surface area contributed by atoms with E-state index in [2.05, 4.69) is 20.6 Å². The first-order valence-corrected chi connectivity index (χ1v) is 9.69. The van der Waals surface area contributed by atoms with Crippen LogP contribution in [-0.4, -0.2) is 52.7 Å². The molecule has 0 radical (unpaired) electrons. The van der Waals surface area contributed by atoms with Crippen molar-refractivity contribution in [2.24, 2.45) is 0 Å². The number of nitrogens with one attached hydrogen (secondary N) is 3. The van der Waals surface area contributed by atoms with Gasteiger partial charge in [0.2, 0.25) is 5.91 Å². The van der Waals surface area contributed by atoms with Gasteiger partial charge in [-0.2, -0.15) is 0 Å². The van der Waals surface area contributed by atoms with Crippen LogP contribution < -0.4 is 10.6 Å². The smallest absolute Gasteiger partial charge is 0.261 e. The number of thiophene rings is 1. The summed E-state index contributed by atoms with van der Waals surface area (Å²) < 4.78 is 0. The number of fused-ring (bicyclic) bond motifs is 2. The van der Waals surface area contributed by atoms with Crippen molar-refractivity contribution in [3.8, 4) is 0 Å². The molecule has 0 aromatic carbocycles. The lowest BCUT2D eigenvalue weighted by molar-refractivity contribution is -0.131. The van der Waals surface area contributed by atoms with Gasteiger partial charge in [-0.3, -0.25) is 14.4 Å². The van der Waals surface area contributed by atoms with Crippen molar-refractivity contribution in [3.05, 3.63) is 51.5 Å². The molecule has 4 heterocycles. The van der Waals surface area contributed by atoms with Gasteiger partial charge in [0.25, 0.3) is 11.8 Å². The van der Waals surface area contributed by atoms with E-state index in [0.29, 0.717) is 35.6 Å². The molecule has 144 valence electrons. The van der Waals surface area contributed by atoms with Gasteiger partial charge in [-0.15, -0.1) is 11.3 Å². The molecule has 3 N–H and O–H groups in total. The number of carbonyl (C=O) groups is 3. The van der Waals surface area contributed by atoms with Crippen LogP contribution in [0.15, 0.2) is 30.6 Å². The molecule has 3 amide bonds. The monoisotopic (exact) mass is 397 g/mol. The molecule has 4 rings (SSSR count). The van der Waals surface area contributed by atoms with Crippen LogP contribution in [-0.2, 0) is 17.8 Å². The summed E-state index contributed by atoms with van der Waals surface area (Å²) >= 11 is 1.47. The first kappa shape index (κ1) is 18.2.